The number of halogens is 1. The summed E-state index contributed by atoms with van der Waals surface area (Å²) in [6.45, 7) is 6.75. The molecule has 0 radical (unpaired) electrons. The van der Waals surface area contributed by atoms with Crippen LogP contribution in [0.15, 0.2) is 42.5 Å². The van der Waals surface area contributed by atoms with Crippen LogP contribution in [0.4, 0.5) is 0 Å². The van der Waals surface area contributed by atoms with Gasteiger partial charge in [0, 0.05) is 32.6 Å². The number of ether oxygens (including phenoxy) is 2. The van der Waals surface area contributed by atoms with E-state index in [1.54, 1.807) is 0 Å². The van der Waals surface area contributed by atoms with Gasteiger partial charge in [0.1, 0.15) is 23.7 Å². The molecule has 184 valence electrons. The molecule has 34 heavy (non-hydrogen) atoms. The average Bonchev–Trinajstić information content (AvgIpc) is 3.23. The molecule has 0 spiro atoms. The minimum Gasteiger partial charge on any atom is -0.494 e. The topological polar surface area (TPSA) is 62.2 Å². The fraction of sp³-hybridized carbons (Fsp3) is 0.519. The molecular weight excluding hydrogens is 452 g/mol. The molecule has 4 rings (SSSR count). The highest BCUT2D eigenvalue weighted by Gasteiger charge is 2.34. The normalized spacial score (nSPS) is 21.1. The lowest BCUT2D eigenvalue weighted by Gasteiger charge is -2.39. The first-order valence-electron chi connectivity index (χ1n) is 12.2. The fourth-order valence-electron chi connectivity index (χ4n) is 4.73. The van der Waals surface area contributed by atoms with Gasteiger partial charge in [0.05, 0.1) is 11.6 Å². The van der Waals surface area contributed by atoms with E-state index in [9.17, 15) is 9.90 Å². The molecule has 0 aromatic heterocycles. The van der Waals surface area contributed by atoms with E-state index in [1.807, 2.05) is 42.2 Å². The molecule has 1 amide bonds. The van der Waals surface area contributed by atoms with E-state index in [0.29, 0.717) is 36.8 Å². The van der Waals surface area contributed by atoms with Crippen molar-refractivity contribution in [3.8, 4) is 11.5 Å². The summed E-state index contributed by atoms with van der Waals surface area (Å²) in [4.78, 5) is 15.9. The predicted molar refractivity (Wildman–Crippen MR) is 134 cm³/mol. The van der Waals surface area contributed by atoms with E-state index in [2.05, 4.69) is 17.0 Å². The van der Waals surface area contributed by atoms with Gasteiger partial charge in [0.2, 0.25) is 5.91 Å². The Labute approximate surface area is 207 Å². The van der Waals surface area contributed by atoms with E-state index in [4.69, 9.17) is 21.1 Å². The minimum absolute atomic E-state index is 0.225. The molecule has 0 unspecified atom stereocenters. The lowest BCUT2D eigenvalue weighted by atomic mass is 9.93. The van der Waals surface area contributed by atoms with Crippen molar-refractivity contribution in [3.63, 3.8) is 0 Å². The summed E-state index contributed by atoms with van der Waals surface area (Å²) in [6.07, 6.45) is 4.13. The molecule has 1 N–H and O–H groups in total. The van der Waals surface area contributed by atoms with Gasteiger partial charge >= 0.3 is 0 Å². The van der Waals surface area contributed by atoms with Gasteiger partial charge in [-0.25, -0.2) is 0 Å². The zero-order chi connectivity index (χ0) is 24.0. The molecule has 0 saturated carbocycles. The van der Waals surface area contributed by atoms with Crippen LogP contribution in [0, 0.1) is 6.92 Å². The van der Waals surface area contributed by atoms with E-state index in [-0.39, 0.29) is 12.5 Å². The first-order valence-corrected chi connectivity index (χ1v) is 12.6. The van der Waals surface area contributed by atoms with Crippen LogP contribution in [0.1, 0.15) is 43.2 Å². The zero-order valence-electron chi connectivity index (χ0n) is 20.0. The Morgan fingerprint density at radius 2 is 1.91 bits per heavy atom. The Bertz CT molecular complexity index is 968. The van der Waals surface area contributed by atoms with Gasteiger partial charge in [-0.05, 0) is 74.5 Å². The van der Waals surface area contributed by atoms with Crippen molar-refractivity contribution in [1.29, 1.82) is 0 Å². The second kappa shape index (κ2) is 11.4. The maximum Gasteiger partial charge on any atom is 0.222 e. The molecule has 0 bridgehead atoms. The van der Waals surface area contributed by atoms with Crippen LogP contribution in [-0.4, -0.2) is 65.8 Å². The molecule has 7 heteroatoms. The molecule has 2 heterocycles. The van der Waals surface area contributed by atoms with Gasteiger partial charge in [-0.15, -0.1) is 0 Å². The van der Waals surface area contributed by atoms with E-state index in [0.717, 1.165) is 56.8 Å². The Balaban J connectivity index is 1.22. The number of hydrogen-bond donors (Lipinski definition) is 1. The summed E-state index contributed by atoms with van der Waals surface area (Å²) in [5, 5.41) is 11.7. The number of amides is 1. The molecule has 2 aromatic rings. The maximum atomic E-state index is 11.7. The van der Waals surface area contributed by atoms with Crippen molar-refractivity contribution in [1.82, 2.24) is 9.80 Å². The number of piperidine rings is 1. The van der Waals surface area contributed by atoms with Gasteiger partial charge in [0.15, 0.2) is 0 Å². The third kappa shape index (κ3) is 6.87. The van der Waals surface area contributed by atoms with E-state index < -0.39 is 5.60 Å². The number of aliphatic hydroxyl groups is 1. The highest BCUT2D eigenvalue weighted by atomic mass is 35.5. The van der Waals surface area contributed by atoms with Crippen LogP contribution < -0.4 is 9.47 Å². The number of likely N-dealkylation sites (tertiary alicyclic amines) is 2. The standard InChI is InChI=1S/C27H35ClN2O4/c1-21-6-11-24(28)25(17-21)34-20-27(32)12-3-13-29(19-27)18-22-7-9-23(10-8-22)33-16-4-15-30-14-2-5-26(30)31/h6-11,17,32H,2-5,12-16,18-20H2,1H3/t27-/m1/s1. The van der Waals surface area contributed by atoms with Crippen molar-refractivity contribution in [2.24, 2.45) is 0 Å². The first-order chi connectivity index (χ1) is 16.4. The number of aryl methyl sites for hydroxylation is 1. The van der Waals surface area contributed by atoms with Gasteiger partial charge in [-0.3, -0.25) is 9.69 Å². The molecule has 0 aliphatic carbocycles. The second-order valence-corrected chi connectivity index (χ2v) is 10.00. The molecule has 2 aliphatic rings. The SMILES string of the molecule is Cc1ccc(Cl)c(OC[C@@]2(O)CCCN(Cc3ccc(OCCCN4CCCC4=O)cc3)C2)c1. The minimum atomic E-state index is -0.898. The van der Waals surface area contributed by atoms with Crippen LogP contribution >= 0.6 is 11.6 Å². The number of β-amino-alcohol motifs (C(OH)–C–C–N with tert-alkyl or cyclic N) is 1. The lowest BCUT2D eigenvalue weighted by molar-refractivity contribution is -0.127. The summed E-state index contributed by atoms with van der Waals surface area (Å²) in [7, 11) is 0. The van der Waals surface area contributed by atoms with Crippen LogP contribution in [0.2, 0.25) is 5.02 Å². The Morgan fingerprint density at radius 1 is 1.09 bits per heavy atom. The molecule has 1 atom stereocenters. The van der Waals surface area contributed by atoms with Crippen molar-refractivity contribution >= 4 is 17.5 Å². The van der Waals surface area contributed by atoms with Crippen LogP contribution in [0.3, 0.4) is 0 Å². The van der Waals surface area contributed by atoms with Gasteiger partial charge in [0.25, 0.3) is 0 Å². The number of carbonyl (C=O) groups is 1. The van der Waals surface area contributed by atoms with E-state index >= 15 is 0 Å². The third-order valence-corrected chi connectivity index (χ3v) is 6.87. The maximum absolute atomic E-state index is 11.7. The largest absolute Gasteiger partial charge is 0.494 e. The molecule has 2 saturated heterocycles. The van der Waals surface area contributed by atoms with Crippen molar-refractivity contribution < 1.29 is 19.4 Å². The highest BCUT2D eigenvalue weighted by Crippen LogP contribution is 2.29. The number of nitrogens with zero attached hydrogens (tertiary/aromatic N) is 2. The number of carbonyl (C=O) groups excluding carboxylic acids is 1. The molecule has 2 fully saturated rings. The molecule has 6 nitrogen and oxygen atoms in total. The van der Waals surface area contributed by atoms with Crippen LogP contribution in [-0.2, 0) is 11.3 Å². The lowest BCUT2D eigenvalue weighted by Crippen LogP contribution is -2.51. The van der Waals surface area contributed by atoms with Crippen molar-refractivity contribution in [2.75, 3.05) is 39.4 Å². The first kappa shape index (κ1) is 24.8. The van der Waals surface area contributed by atoms with Gasteiger partial charge < -0.3 is 19.5 Å². The Hall–Kier alpha value is -2.28. The average molecular weight is 487 g/mol. The number of benzene rings is 2. The molecule has 2 aliphatic heterocycles. The second-order valence-electron chi connectivity index (χ2n) is 9.59. The fourth-order valence-corrected chi connectivity index (χ4v) is 4.90. The van der Waals surface area contributed by atoms with Crippen molar-refractivity contribution in [3.05, 3.63) is 58.6 Å². The Morgan fingerprint density at radius 3 is 2.68 bits per heavy atom. The van der Waals surface area contributed by atoms with Crippen LogP contribution in [0.5, 0.6) is 11.5 Å². The highest BCUT2D eigenvalue weighted by molar-refractivity contribution is 6.32. The number of rotatable bonds is 10. The molecule has 2 aromatic carbocycles. The summed E-state index contributed by atoms with van der Waals surface area (Å²) in [5.41, 5.74) is 1.36. The monoisotopic (exact) mass is 486 g/mol. The van der Waals surface area contributed by atoms with Crippen LogP contribution in [0.25, 0.3) is 0 Å². The van der Waals surface area contributed by atoms with E-state index in [1.165, 1.54) is 5.56 Å². The predicted octanol–water partition coefficient (Wildman–Crippen LogP) is 4.45. The number of hydrogen-bond acceptors (Lipinski definition) is 5. The zero-order valence-corrected chi connectivity index (χ0v) is 20.7. The third-order valence-electron chi connectivity index (χ3n) is 6.56. The quantitative estimate of drug-likeness (QED) is 0.503. The van der Waals surface area contributed by atoms with Crippen molar-refractivity contribution in [2.45, 2.75) is 51.2 Å². The Kier molecular flexibility index (Phi) is 8.35. The van der Waals surface area contributed by atoms with Gasteiger partial charge in [-0.1, -0.05) is 29.8 Å². The summed E-state index contributed by atoms with van der Waals surface area (Å²) in [5.74, 6) is 1.73. The van der Waals surface area contributed by atoms with Gasteiger partial charge in [-0.2, -0.15) is 0 Å². The molecular formula is C27H35ClN2O4. The summed E-state index contributed by atoms with van der Waals surface area (Å²) in [6, 6.07) is 13.8. The summed E-state index contributed by atoms with van der Waals surface area (Å²) < 4.78 is 11.8. The summed E-state index contributed by atoms with van der Waals surface area (Å²) >= 11 is 6.24. The smallest absolute Gasteiger partial charge is 0.222 e.